The van der Waals surface area contributed by atoms with Crippen LogP contribution in [0.1, 0.15) is 23.2 Å². The summed E-state index contributed by atoms with van der Waals surface area (Å²) in [7, 11) is 1.26. The summed E-state index contributed by atoms with van der Waals surface area (Å²) in [5.74, 6) is -1.05. The van der Waals surface area contributed by atoms with Crippen LogP contribution in [0.4, 0.5) is 4.39 Å². The first-order chi connectivity index (χ1) is 15.5. The Balaban J connectivity index is 1.72. The third-order valence-electron chi connectivity index (χ3n) is 5.52. The number of fused-ring (bicyclic) bond motifs is 3. The van der Waals surface area contributed by atoms with Crippen LogP contribution in [-0.4, -0.2) is 18.9 Å². The first-order valence-corrected chi connectivity index (χ1v) is 9.94. The number of hydrazine groups is 1. The Kier molecular flexibility index (Phi) is 4.91. The fourth-order valence-corrected chi connectivity index (χ4v) is 4.02. The fraction of sp³-hybridized carbons (Fsp3) is 0.125. The minimum atomic E-state index is -0.647. The summed E-state index contributed by atoms with van der Waals surface area (Å²) >= 11 is 0. The highest BCUT2D eigenvalue weighted by molar-refractivity contribution is 6.35. The Morgan fingerprint density at radius 2 is 1.84 bits per heavy atom. The summed E-state index contributed by atoms with van der Waals surface area (Å²) in [6.45, 7) is 0. The Morgan fingerprint density at radius 3 is 2.62 bits per heavy atom. The van der Waals surface area contributed by atoms with Crippen molar-refractivity contribution in [3.63, 3.8) is 0 Å². The molecule has 7 nitrogen and oxygen atoms in total. The number of nitrogens with zero attached hydrogens (tertiary/aromatic N) is 1. The number of methoxy groups -OCH3 is 1. The van der Waals surface area contributed by atoms with Gasteiger partial charge in [-0.3, -0.25) is 10.4 Å². The second kappa shape index (κ2) is 7.90. The number of halogens is 1. The molecule has 2 atom stereocenters. The third kappa shape index (κ3) is 3.40. The first-order valence-electron chi connectivity index (χ1n) is 9.94. The number of hydrogen-bond donors (Lipinski definition) is 2. The molecule has 0 radical (unpaired) electrons. The number of esters is 1. The van der Waals surface area contributed by atoms with Gasteiger partial charge in [-0.05, 0) is 28.6 Å². The maximum Gasteiger partial charge on any atom is 0.374 e. The minimum absolute atomic E-state index is 0.0178. The zero-order valence-electron chi connectivity index (χ0n) is 17.0. The predicted octanol–water partition coefficient (Wildman–Crippen LogP) is 3.55. The lowest BCUT2D eigenvalue weighted by molar-refractivity contribution is -0.133. The average Bonchev–Trinajstić information content (AvgIpc) is 2.83. The maximum absolute atomic E-state index is 13.6. The molecule has 1 aromatic heterocycles. The zero-order valence-corrected chi connectivity index (χ0v) is 17.0. The molecular weight excluding hydrogens is 413 g/mol. The lowest BCUT2D eigenvalue weighted by Gasteiger charge is -2.32. The van der Waals surface area contributed by atoms with Gasteiger partial charge in [0.2, 0.25) is 5.84 Å². The van der Waals surface area contributed by atoms with E-state index in [4.69, 9.17) is 9.15 Å². The molecule has 3 aromatic carbocycles. The van der Waals surface area contributed by atoms with Gasteiger partial charge in [-0.25, -0.2) is 19.4 Å². The fourth-order valence-electron chi connectivity index (χ4n) is 4.02. The SMILES string of the molecule is COC(=O)C1=NC(c2ccc(F)cc2)C(c2cc(=O)oc3c2ccc2ccccc23)NN1. The molecule has 2 N–H and O–H groups in total. The summed E-state index contributed by atoms with van der Waals surface area (Å²) in [4.78, 5) is 29.1. The van der Waals surface area contributed by atoms with Crippen molar-refractivity contribution < 1.29 is 18.3 Å². The number of aliphatic imine (C=N–C) groups is 1. The van der Waals surface area contributed by atoms with Crippen LogP contribution < -0.4 is 16.5 Å². The number of hydrogen-bond acceptors (Lipinski definition) is 7. The standard InChI is InChI=1S/C24H18FN3O4/c1-31-24(30)23-26-20(14-6-9-15(25)10-7-14)21(27-28-23)18-12-19(29)32-22-16-5-3-2-4-13(16)8-11-17(18)22/h2-12,20-21,27H,1H3,(H,26,28). The van der Waals surface area contributed by atoms with Crippen LogP contribution in [0.15, 0.2) is 80.9 Å². The van der Waals surface area contributed by atoms with E-state index >= 15 is 0 Å². The molecule has 5 rings (SSSR count). The van der Waals surface area contributed by atoms with Gasteiger partial charge in [-0.15, -0.1) is 0 Å². The van der Waals surface area contributed by atoms with Gasteiger partial charge in [-0.1, -0.05) is 48.5 Å². The first kappa shape index (κ1) is 19.9. The molecule has 0 spiro atoms. The van der Waals surface area contributed by atoms with Crippen LogP contribution in [0.3, 0.4) is 0 Å². The van der Waals surface area contributed by atoms with Crippen molar-refractivity contribution in [3.05, 3.63) is 94.1 Å². The van der Waals surface area contributed by atoms with Crippen LogP contribution in [0.5, 0.6) is 0 Å². The molecule has 2 heterocycles. The third-order valence-corrected chi connectivity index (χ3v) is 5.52. The van der Waals surface area contributed by atoms with E-state index in [2.05, 4.69) is 15.8 Å². The Hall–Kier alpha value is -4.04. The summed E-state index contributed by atoms with van der Waals surface area (Å²) in [6.07, 6.45) is 0. The van der Waals surface area contributed by atoms with Gasteiger partial charge in [0.1, 0.15) is 11.4 Å². The minimum Gasteiger partial charge on any atom is -0.463 e. The molecule has 1 aliphatic heterocycles. The Labute approximate surface area is 181 Å². The molecule has 0 amide bonds. The van der Waals surface area contributed by atoms with Crippen molar-refractivity contribution in [3.8, 4) is 0 Å². The lowest BCUT2D eigenvalue weighted by atomic mass is 9.91. The van der Waals surface area contributed by atoms with Gasteiger partial charge in [0.15, 0.2) is 0 Å². The van der Waals surface area contributed by atoms with Gasteiger partial charge in [0, 0.05) is 16.8 Å². The van der Waals surface area contributed by atoms with Crippen molar-refractivity contribution in [2.75, 3.05) is 7.11 Å². The van der Waals surface area contributed by atoms with E-state index < -0.39 is 23.7 Å². The molecule has 4 aromatic rings. The number of rotatable bonds is 3. The highest BCUT2D eigenvalue weighted by Gasteiger charge is 2.33. The molecular formula is C24H18FN3O4. The second-order valence-corrected chi connectivity index (χ2v) is 7.40. The number of carbonyl (C=O) groups is 1. The molecule has 32 heavy (non-hydrogen) atoms. The zero-order chi connectivity index (χ0) is 22.2. The summed E-state index contributed by atoms with van der Waals surface area (Å²) < 4.78 is 23.9. The number of ether oxygens (including phenoxy) is 1. The van der Waals surface area contributed by atoms with Gasteiger partial charge in [0.25, 0.3) is 0 Å². The number of nitrogens with one attached hydrogen (secondary N) is 2. The molecule has 0 bridgehead atoms. The highest BCUT2D eigenvalue weighted by Crippen LogP contribution is 2.38. The summed E-state index contributed by atoms with van der Waals surface area (Å²) in [5, 5.41) is 2.48. The van der Waals surface area contributed by atoms with E-state index in [0.29, 0.717) is 16.7 Å². The topological polar surface area (TPSA) is 92.9 Å². The van der Waals surface area contributed by atoms with E-state index in [0.717, 1.165) is 16.2 Å². The van der Waals surface area contributed by atoms with Gasteiger partial charge in [0.05, 0.1) is 19.2 Å². The summed E-state index contributed by atoms with van der Waals surface area (Å²) in [5.41, 5.74) is 7.10. The summed E-state index contributed by atoms with van der Waals surface area (Å²) in [6, 6.07) is 17.5. The van der Waals surface area contributed by atoms with Crippen molar-refractivity contribution in [1.82, 2.24) is 10.9 Å². The number of amidine groups is 1. The van der Waals surface area contributed by atoms with Crippen molar-refractivity contribution in [1.29, 1.82) is 0 Å². The molecule has 2 unspecified atom stereocenters. The monoisotopic (exact) mass is 431 g/mol. The number of benzene rings is 3. The Morgan fingerprint density at radius 1 is 1.06 bits per heavy atom. The van der Waals surface area contributed by atoms with E-state index in [-0.39, 0.29) is 11.7 Å². The molecule has 0 saturated heterocycles. The van der Waals surface area contributed by atoms with Crippen LogP contribution in [0.2, 0.25) is 0 Å². The quantitative estimate of drug-likeness (QED) is 0.293. The van der Waals surface area contributed by atoms with Gasteiger partial charge < -0.3 is 9.15 Å². The van der Waals surface area contributed by atoms with E-state index in [1.54, 1.807) is 12.1 Å². The lowest BCUT2D eigenvalue weighted by Crippen LogP contribution is -2.49. The van der Waals surface area contributed by atoms with E-state index in [9.17, 15) is 14.0 Å². The predicted molar refractivity (Wildman–Crippen MR) is 118 cm³/mol. The van der Waals surface area contributed by atoms with Crippen LogP contribution in [0, 0.1) is 5.82 Å². The largest absolute Gasteiger partial charge is 0.463 e. The van der Waals surface area contributed by atoms with Crippen LogP contribution in [0.25, 0.3) is 21.7 Å². The molecule has 8 heteroatoms. The second-order valence-electron chi connectivity index (χ2n) is 7.40. The van der Waals surface area contributed by atoms with Crippen molar-refractivity contribution >= 4 is 33.5 Å². The molecule has 0 fully saturated rings. The van der Waals surface area contributed by atoms with Gasteiger partial charge >= 0.3 is 11.6 Å². The van der Waals surface area contributed by atoms with E-state index in [1.807, 2.05) is 36.4 Å². The average molecular weight is 431 g/mol. The van der Waals surface area contributed by atoms with Gasteiger partial charge in [-0.2, -0.15) is 0 Å². The number of carbonyl (C=O) groups excluding carboxylic acids is 1. The smallest absolute Gasteiger partial charge is 0.374 e. The molecule has 0 aliphatic carbocycles. The van der Waals surface area contributed by atoms with Crippen LogP contribution in [-0.2, 0) is 9.53 Å². The maximum atomic E-state index is 13.6. The van der Waals surface area contributed by atoms with E-state index in [1.165, 1.54) is 25.3 Å². The van der Waals surface area contributed by atoms with Crippen molar-refractivity contribution in [2.45, 2.75) is 12.1 Å². The molecule has 1 aliphatic rings. The normalized spacial score (nSPS) is 18.2. The molecule has 160 valence electrons. The molecule has 0 saturated carbocycles. The highest BCUT2D eigenvalue weighted by atomic mass is 19.1. The Bertz CT molecular complexity index is 1430. The van der Waals surface area contributed by atoms with Crippen LogP contribution >= 0.6 is 0 Å². The van der Waals surface area contributed by atoms with Crippen molar-refractivity contribution in [2.24, 2.45) is 4.99 Å².